The molecule has 3 rings (SSSR count). The zero-order valence-electron chi connectivity index (χ0n) is 9.54. The molecule has 1 aromatic rings. The van der Waals surface area contributed by atoms with Gasteiger partial charge in [-0.1, -0.05) is 0 Å². The molecule has 0 aromatic carbocycles. The Bertz CT molecular complexity index is 353. The van der Waals surface area contributed by atoms with Crippen molar-refractivity contribution in [3.05, 3.63) is 21.4 Å². The summed E-state index contributed by atoms with van der Waals surface area (Å²) in [5.74, 6) is 0. The summed E-state index contributed by atoms with van der Waals surface area (Å²) >= 11 is 1.96. The lowest BCUT2D eigenvalue weighted by molar-refractivity contribution is 0.149. The quantitative estimate of drug-likeness (QED) is 0.845. The van der Waals surface area contributed by atoms with Gasteiger partial charge in [0.2, 0.25) is 0 Å². The van der Waals surface area contributed by atoms with E-state index in [0.29, 0.717) is 6.04 Å². The van der Waals surface area contributed by atoms with Crippen LogP contribution in [0.1, 0.15) is 41.0 Å². The van der Waals surface area contributed by atoms with Gasteiger partial charge in [0, 0.05) is 22.3 Å². The fourth-order valence-corrected chi connectivity index (χ4v) is 4.10. The van der Waals surface area contributed by atoms with Gasteiger partial charge in [-0.3, -0.25) is 0 Å². The first-order valence-electron chi connectivity index (χ1n) is 6.35. The average molecular weight is 237 g/mol. The standard InChI is InChI=1S/C13H19NOS/c15-12-5-2-4-11(12)14-8-10-7-9-3-1-6-13(9)16-10/h7,11-12,14-15H,1-6,8H2. The number of fused-ring (bicyclic) bond motifs is 1. The van der Waals surface area contributed by atoms with E-state index >= 15 is 0 Å². The number of aryl methyl sites for hydroxylation is 2. The Kier molecular flexibility index (Phi) is 3.01. The van der Waals surface area contributed by atoms with E-state index in [2.05, 4.69) is 11.4 Å². The monoisotopic (exact) mass is 237 g/mol. The van der Waals surface area contributed by atoms with E-state index in [-0.39, 0.29) is 6.10 Å². The van der Waals surface area contributed by atoms with Crippen molar-refractivity contribution < 1.29 is 5.11 Å². The summed E-state index contributed by atoms with van der Waals surface area (Å²) in [5.41, 5.74) is 1.58. The maximum absolute atomic E-state index is 9.73. The molecule has 2 aliphatic rings. The van der Waals surface area contributed by atoms with Crippen LogP contribution in [0.5, 0.6) is 0 Å². The van der Waals surface area contributed by atoms with Gasteiger partial charge in [-0.25, -0.2) is 0 Å². The van der Waals surface area contributed by atoms with Gasteiger partial charge in [-0.15, -0.1) is 11.3 Å². The van der Waals surface area contributed by atoms with Crippen molar-refractivity contribution in [2.45, 2.75) is 57.2 Å². The molecule has 2 N–H and O–H groups in total. The lowest BCUT2D eigenvalue weighted by Crippen LogP contribution is -2.34. The van der Waals surface area contributed by atoms with Crippen molar-refractivity contribution in [1.29, 1.82) is 0 Å². The Morgan fingerprint density at radius 1 is 1.31 bits per heavy atom. The Morgan fingerprint density at radius 2 is 2.25 bits per heavy atom. The van der Waals surface area contributed by atoms with Crippen LogP contribution in [0.15, 0.2) is 6.07 Å². The molecule has 16 heavy (non-hydrogen) atoms. The SMILES string of the molecule is OC1CCCC1NCc1cc2c(s1)CCC2. The van der Waals surface area contributed by atoms with Crippen molar-refractivity contribution in [2.75, 3.05) is 0 Å². The van der Waals surface area contributed by atoms with Gasteiger partial charge in [0.25, 0.3) is 0 Å². The number of thiophene rings is 1. The highest BCUT2D eigenvalue weighted by Crippen LogP contribution is 2.30. The molecule has 0 amide bonds. The summed E-state index contributed by atoms with van der Waals surface area (Å²) < 4.78 is 0. The van der Waals surface area contributed by atoms with Crippen LogP contribution in [0, 0.1) is 0 Å². The summed E-state index contributed by atoms with van der Waals surface area (Å²) in [6.45, 7) is 0.944. The molecule has 1 fully saturated rings. The van der Waals surface area contributed by atoms with E-state index in [0.717, 1.165) is 19.4 Å². The Hall–Kier alpha value is -0.380. The number of hydrogen-bond donors (Lipinski definition) is 2. The fraction of sp³-hybridized carbons (Fsp3) is 0.692. The Labute approximate surface area is 101 Å². The Morgan fingerprint density at radius 3 is 3.00 bits per heavy atom. The minimum absolute atomic E-state index is 0.119. The highest BCUT2D eigenvalue weighted by Gasteiger charge is 2.24. The van der Waals surface area contributed by atoms with Crippen LogP contribution < -0.4 is 5.32 Å². The second-order valence-corrected chi connectivity index (χ2v) is 6.22. The maximum Gasteiger partial charge on any atom is 0.0693 e. The zero-order chi connectivity index (χ0) is 11.0. The van der Waals surface area contributed by atoms with E-state index in [4.69, 9.17) is 0 Å². The molecule has 1 heterocycles. The molecule has 0 saturated heterocycles. The van der Waals surface area contributed by atoms with Gasteiger partial charge in [0.05, 0.1) is 6.10 Å². The highest BCUT2D eigenvalue weighted by atomic mass is 32.1. The second-order valence-electron chi connectivity index (χ2n) is 5.00. The normalized spacial score (nSPS) is 28.6. The first-order chi connectivity index (χ1) is 7.83. The molecule has 2 nitrogen and oxygen atoms in total. The molecule has 0 radical (unpaired) electrons. The number of aliphatic hydroxyl groups excluding tert-OH is 1. The predicted octanol–water partition coefficient (Wildman–Crippen LogP) is 2.24. The van der Waals surface area contributed by atoms with E-state index in [9.17, 15) is 5.11 Å². The van der Waals surface area contributed by atoms with Crippen molar-refractivity contribution >= 4 is 11.3 Å². The van der Waals surface area contributed by atoms with E-state index < -0.39 is 0 Å². The summed E-state index contributed by atoms with van der Waals surface area (Å²) in [6, 6.07) is 2.69. The van der Waals surface area contributed by atoms with Gasteiger partial charge in [-0.05, 0) is 50.2 Å². The number of hydrogen-bond acceptors (Lipinski definition) is 3. The van der Waals surface area contributed by atoms with Crippen molar-refractivity contribution in [3.8, 4) is 0 Å². The molecular weight excluding hydrogens is 218 g/mol. The maximum atomic E-state index is 9.73. The summed E-state index contributed by atoms with van der Waals surface area (Å²) in [6.07, 6.45) is 7.05. The first kappa shape index (κ1) is 10.8. The number of aliphatic hydroxyl groups is 1. The molecule has 1 aromatic heterocycles. The topological polar surface area (TPSA) is 32.3 Å². The summed E-state index contributed by atoms with van der Waals surface area (Å²) in [7, 11) is 0. The van der Waals surface area contributed by atoms with Gasteiger partial charge < -0.3 is 10.4 Å². The molecule has 1 saturated carbocycles. The molecule has 2 aliphatic carbocycles. The van der Waals surface area contributed by atoms with E-state index in [1.165, 1.54) is 30.6 Å². The van der Waals surface area contributed by atoms with Gasteiger partial charge in [0.1, 0.15) is 0 Å². The smallest absolute Gasteiger partial charge is 0.0693 e. The molecule has 0 spiro atoms. The van der Waals surface area contributed by atoms with Crippen molar-refractivity contribution in [2.24, 2.45) is 0 Å². The van der Waals surface area contributed by atoms with E-state index in [1.807, 2.05) is 11.3 Å². The molecule has 0 bridgehead atoms. The Balaban J connectivity index is 1.58. The number of rotatable bonds is 3. The second kappa shape index (κ2) is 4.47. The summed E-state index contributed by atoms with van der Waals surface area (Å²) in [4.78, 5) is 3.05. The summed E-state index contributed by atoms with van der Waals surface area (Å²) in [5, 5.41) is 13.2. The molecule has 3 heteroatoms. The molecule has 0 aliphatic heterocycles. The van der Waals surface area contributed by atoms with Crippen LogP contribution in [-0.2, 0) is 19.4 Å². The van der Waals surface area contributed by atoms with Crippen LogP contribution in [0.4, 0.5) is 0 Å². The third-order valence-electron chi connectivity index (χ3n) is 3.82. The van der Waals surface area contributed by atoms with Crippen LogP contribution in [-0.4, -0.2) is 17.3 Å². The molecular formula is C13H19NOS. The van der Waals surface area contributed by atoms with E-state index in [1.54, 1.807) is 10.4 Å². The van der Waals surface area contributed by atoms with Gasteiger partial charge >= 0.3 is 0 Å². The van der Waals surface area contributed by atoms with Gasteiger partial charge in [-0.2, -0.15) is 0 Å². The lowest BCUT2D eigenvalue weighted by Gasteiger charge is -2.15. The third-order valence-corrected chi connectivity index (χ3v) is 5.05. The minimum atomic E-state index is -0.119. The van der Waals surface area contributed by atoms with Crippen molar-refractivity contribution in [3.63, 3.8) is 0 Å². The van der Waals surface area contributed by atoms with Crippen LogP contribution in [0.25, 0.3) is 0 Å². The lowest BCUT2D eigenvalue weighted by atomic mass is 10.2. The van der Waals surface area contributed by atoms with Gasteiger partial charge in [0.15, 0.2) is 0 Å². The first-order valence-corrected chi connectivity index (χ1v) is 7.16. The average Bonchev–Trinajstić information content (AvgIpc) is 2.89. The van der Waals surface area contributed by atoms with Crippen LogP contribution in [0.3, 0.4) is 0 Å². The molecule has 2 atom stereocenters. The molecule has 88 valence electrons. The van der Waals surface area contributed by atoms with Crippen LogP contribution >= 0.6 is 11.3 Å². The third kappa shape index (κ3) is 2.04. The number of nitrogens with one attached hydrogen (secondary N) is 1. The molecule has 2 unspecified atom stereocenters. The predicted molar refractivity (Wildman–Crippen MR) is 66.8 cm³/mol. The zero-order valence-corrected chi connectivity index (χ0v) is 10.4. The fourth-order valence-electron chi connectivity index (χ4n) is 2.89. The van der Waals surface area contributed by atoms with Crippen molar-refractivity contribution in [1.82, 2.24) is 5.32 Å². The highest BCUT2D eigenvalue weighted by molar-refractivity contribution is 7.12. The largest absolute Gasteiger partial charge is 0.392 e. The van der Waals surface area contributed by atoms with Crippen LogP contribution in [0.2, 0.25) is 0 Å². The minimum Gasteiger partial charge on any atom is -0.392 e.